The first-order chi connectivity index (χ1) is 17.4. The zero-order chi connectivity index (χ0) is 25.2. The van der Waals surface area contributed by atoms with E-state index in [4.69, 9.17) is 16.3 Å². The van der Waals surface area contributed by atoms with Crippen molar-refractivity contribution in [2.75, 3.05) is 13.1 Å². The molecule has 0 unspecified atom stereocenters. The number of piperidine rings is 1. The summed E-state index contributed by atoms with van der Waals surface area (Å²) >= 11 is 5.83. The minimum atomic E-state index is -1.01. The number of aromatic carboxylic acids is 1. The molecule has 0 bridgehead atoms. The summed E-state index contributed by atoms with van der Waals surface area (Å²) in [5, 5.41) is 9.57. The van der Waals surface area contributed by atoms with E-state index in [9.17, 15) is 14.3 Å². The molecular formula is C25H25Cl2FN6O3. The molecular weight excluding hydrogens is 522 g/mol. The summed E-state index contributed by atoms with van der Waals surface area (Å²) in [4.78, 5) is 31.3. The smallest absolute Gasteiger partial charge is 0.337 e. The number of fused-ring (bicyclic) bond motifs is 1. The Bertz CT molecular complexity index is 1430. The van der Waals surface area contributed by atoms with Gasteiger partial charge in [-0.1, -0.05) is 17.7 Å². The molecule has 1 aliphatic rings. The number of carbonyl (C=O) groups is 1. The van der Waals surface area contributed by atoms with Crippen molar-refractivity contribution in [1.82, 2.24) is 29.4 Å². The number of likely N-dealkylation sites (tertiary alicyclic amines) is 1. The molecule has 0 spiro atoms. The molecule has 1 N–H and O–H groups in total. The van der Waals surface area contributed by atoms with Crippen LogP contribution in [0.5, 0.6) is 5.88 Å². The number of carboxylic acid groups (broad SMARTS) is 1. The lowest BCUT2D eigenvalue weighted by atomic mass is 9.93. The normalized spacial score (nSPS) is 14.5. The molecule has 0 atom stereocenters. The lowest BCUT2D eigenvalue weighted by molar-refractivity contribution is 0.0696. The molecule has 5 rings (SSSR count). The van der Waals surface area contributed by atoms with Crippen molar-refractivity contribution in [2.45, 2.75) is 31.9 Å². The van der Waals surface area contributed by atoms with Crippen molar-refractivity contribution in [3.05, 3.63) is 76.3 Å². The van der Waals surface area contributed by atoms with Crippen molar-refractivity contribution in [2.24, 2.45) is 7.05 Å². The lowest BCUT2D eigenvalue weighted by Gasteiger charge is -2.31. The summed E-state index contributed by atoms with van der Waals surface area (Å²) in [6.07, 6.45) is 6.26. The summed E-state index contributed by atoms with van der Waals surface area (Å²) in [6, 6.07) is 6.09. The molecule has 0 radical (unpaired) electrons. The Labute approximate surface area is 223 Å². The predicted octanol–water partition coefficient (Wildman–Crippen LogP) is 4.63. The van der Waals surface area contributed by atoms with Gasteiger partial charge < -0.3 is 14.4 Å². The number of pyridine rings is 1. The molecule has 0 amide bonds. The Balaban J connectivity index is 0.00000320. The first kappa shape index (κ1) is 26.7. The van der Waals surface area contributed by atoms with Gasteiger partial charge in [0, 0.05) is 42.1 Å². The molecule has 1 aromatic carbocycles. The Morgan fingerprint density at radius 3 is 2.68 bits per heavy atom. The van der Waals surface area contributed by atoms with Crippen molar-refractivity contribution in [3.63, 3.8) is 0 Å². The van der Waals surface area contributed by atoms with Gasteiger partial charge in [-0.05, 0) is 44.1 Å². The predicted molar refractivity (Wildman–Crippen MR) is 138 cm³/mol. The second kappa shape index (κ2) is 11.4. The second-order valence-corrected chi connectivity index (χ2v) is 9.22. The SMILES string of the molecule is Cl.Cn1c(CN2CCC(c3nccnc3OCc3ccc(Cl)cc3F)CC2)nc2ncc(C(=O)O)cc21. The molecule has 1 fully saturated rings. The number of aryl methyl sites for hydroxylation is 1. The monoisotopic (exact) mass is 546 g/mol. The van der Waals surface area contributed by atoms with Crippen molar-refractivity contribution in [3.8, 4) is 5.88 Å². The quantitative estimate of drug-likeness (QED) is 0.357. The van der Waals surface area contributed by atoms with Crippen LogP contribution in [0.1, 0.15) is 46.2 Å². The van der Waals surface area contributed by atoms with Gasteiger partial charge in [0.1, 0.15) is 23.9 Å². The molecule has 12 heteroatoms. The summed E-state index contributed by atoms with van der Waals surface area (Å²) in [5.41, 5.74) is 2.54. The maximum Gasteiger partial charge on any atom is 0.337 e. The highest BCUT2D eigenvalue weighted by molar-refractivity contribution is 6.30. The third-order valence-electron chi connectivity index (χ3n) is 6.49. The zero-order valence-electron chi connectivity index (χ0n) is 20.0. The van der Waals surface area contributed by atoms with Gasteiger partial charge in [0.05, 0.1) is 17.6 Å². The van der Waals surface area contributed by atoms with Gasteiger partial charge in [0.25, 0.3) is 0 Å². The van der Waals surface area contributed by atoms with Gasteiger partial charge in [-0.3, -0.25) is 9.88 Å². The van der Waals surface area contributed by atoms with Gasteiger partial charge in [0.2, 0.25) is 5.88 Å². The average molecular weight is 547 g/mol. The van der Waals surface area contributed by atoms with Crippen LogP contribution >= 0.6 is 24.0 Å². The Hall–Kier alpha value is -3.34. The number of rotatable bonds is 7. The first-order valence-corrected chi connectivity index (χ1v) is 11.9. The fourth-order valence-electron chi connectivity index (χ4n) is 4.45. The van der Waals surface area contributed by atoms with Crippen LogP contribution in [0.25, 0.3) is 11.2 Å². The van der Waals surface area contributed by atoms with Gasteiger partial charge >= 0.3 is 5.97 Å². The van der Waals surface area contributed by atoms with Crippen LogP contribution in [0.2, 0.25) is 5.02 Å². The topological polar surface area (TPSA) is 106 Å². The number of halogens is 3. The Kier molecular flexibility index (Phi) is 8.21. The summed E-state index contributed by atoms with van der Waals surface area (Å²) < 4.78 is 21.9. The van der Waals surface area contributed by atoms with Crippen LogP contribution in [0.4, 0.5) is 4.39 Å². The van der Waals surface area contributed by atoms with Gasteiger partial charge in [-0.25, -0.2) is 24.1 Å². The first-order valence-electron chi connectivity index (χ1n) is 11.5. The fourth-order valence-corrected chi connectivity index (χ4v) is 4.61. The summed E-state index contributed by atoms with van der Waals surface area (Å²) in [6.45, 7) is 2.31. The molecule has 0 aliphatic carbocycles. The molecule has 9 nitrogen and oxygen atoms in total. The van der Waals surface area contributed by atoms with Crippen LogP contribution in [-0.4, -0.2) is 53.6 Å². The zero-order valence-corrected chi connectivity index (χ0v) is 21.5. The second-order valence-electron chi connectivity index (χ2n) is 8.78. The van der Waals surface area contributed by atoms with Gasteiger partial charge in [0.15, 0.2) is 5.65 Å². The average Bonchev–Trinajstić information content (AvgIpc) is 3.18. The third kappa shape index (κ3) is 5.82. The van der Waals surface area contributed by atoms with Crippen LogP contribution in [-0.2, 0) is 20.2 Å². The minimum absolute atomic E-state index is 0. The molecule has 194 valence electrons. The number of aromatic nitrogens is 5. The van der Waals surface area contributed by atoms with Crippen LogP contribution in [0.3, 0.4) is 0 Å². The van der Waals surface area contributed by atoms with Gasteiger partial charge in [-0.15, -0.1) is 12.4 Å². The fraction of sp³-hybridized carbons (Fsp3) is 0.320. The Morgan fingerprint density at radius 2 is 1.95 bits per heavy atom. The highest BCUT2D eigenvalue weighted by Gasteiger charge is 2.26. The highest BCUT2D eigenvalue weighted by atomic mass is 35.5. The lowest BCUT2D eigenvalue weighted by Crippen LogP contribution is -2.33. The molecule has 1 aliphatic heterocycles. The molecule has 3 aromatic heterocycles. The summed E-state index contributed by atoms with van der Waals surface area (Å²) in [7, 11) is 1.87. The number of carboxylic acids is 1. The molecule has 37 heavy (non-hydrogen) atoms. The highest BCUT2D eigenvalue weighted by Crippen LogP contribution is 2.32. The number of nitrogens with zero attached hydrogens (tertiary/aromatic N) is 6. The van der Waals surface area contributed by atoms with E-state index in [1.807, 2.05) is 11.6 Å². The molecule has 4 heterocycles. The van der Waals surface area contributed by atoms with E-state index in [0.29, 0.717) is 34.2 Å². The minimum Gasteiger partial charge on any atom is -0.478 e. The standard InChI is InChI=1S/C25H24ClFN6O3.ClH/c1-32-20-10-17(25(34)35)12-30-23(20)31-21(32)13-33-8-4-15(5-9-33)22-24(29-7-6-28-22)36-14-16-2-3-18(26)11-19(16)27;/h2-3,6-7,10-12,15H,4-5,8-9,13-14H2,1H3,(H,34,35);1H. The van der Waals surface area contributed by atoms with Crippen molar-refractivity contribution < 1.29 is 19.0 Å². The van der Waals surface area contributed by atoms with Gasteiger partial charge in [-0.2, -0.15) is 0 Å². The number of hydrogen-bond donors (Lipinski definition) is 1. The van der Waals surface area contributed by atoms with E-state index in [0.717, 1.165) is 37.4 Å². The maximum atomic E-state index is 14.1. The summed E-state index contributed by atoms with van der Waals surface area (Å²) in [5.74, 6) is -0.0225. The van der Waals surface area contributed by atoms with E-state index >= 15 is 0 Å². The maximum absolute atomic E-state index is 14.1. The van der Waals surface area contributed by atoms with Crippen molar-refractivity contribution >= 4 is 41.1 Å². The number of benzene rings is 1. The van der Waals surface area contributed by atoms with Crippen LogP contribution in [0, 0.1) is 5.82 Å². The number of ether oxygens (including phenoxy) is 1. The molecule has 4 aromatic rings. The third-order valence-corrected chi connectivity index (χ3v) is 6.72. The Morgan fingerprint density at radius 1 is 1.19 bits per heavy atom. The van der Waals surface area contributed by atoms with Crippen LogP contribution in [0.15, 0.2) is 42.9 Å². The van der Waals surface area contributed by atoms with E-state index in [1.54, 1.807) is 30.6 Å². The number of imidazole rings is 1. The van der Waals surface area contributed by atoms with Crippen LogP contribution < -0.4 is 4.74 Å². The van der Waals surface area contributed by atoms with E-state index < -0.39 is 11.8 Å². The van der Waals surface area contributed by atoms with E-state index in [-0.39, 0.29) is 30.5 Å². The van der Waals surface area contributed by atoms with E-state index in [1.165, 1.54) is 12.3 Å². The van der Waals surface area contributed by atoms with E-state index in [2.05, 4.69) is 24.8 Å². The molecule has 1 saturated heterocycles. The largest absolute Gasteiger partial charge is 0.478 e. The molecule has 0 saturated carbocycles. The number of hydrogen-bond acceptors (Lipinski definition) is 7. The van der Waals surface area contributed by atoms with Crippen molar-refractivity contribution in [1.29, 1.82) is 0 Å².